The topological polar surface area (TPSA) is 76.3 Å². The van der Waals surface area contributed by atoms with E-state index >= 15 is 0 Å². The van der Waals surface area contributed by atoms with Crippen LogP contribution in [0.3, 0.4) is 0 Å². The third-order valence-corrected chi connectivity index (χ3v) is 7.23. The summed E-state index contributed by atoms with van der Waals surface area (Å²) < 4.78 is 3.50. The number of piperazine rings is 1. The van der Waals surface area contributed by atoms with Crippen molar-refractivity contribution in [3.63, 3.8) is 0 Å². The largest absolute Gasteiger partial charge is 0.368 e. The van der Waals surface area contributed by atoms with Crippen molar-refractivity contribution in [2.75, 3.05) is 31.1 Å². The van der Waals surface area contributed by atoms with E-state index in [9.17, 15) is 9.59 Å². The number of hydrogen-bond acceptors (Lipinski definition) is 5. The van der Waals surface area contributed by atoms with Crippen LogP contribution in [0.4, 0.5) is 5.69 Å². The number of aromatic nitrogens is 4. The fraction of sp³-hybridized carbons (Fsp3) is 0.379. The van der Waals surface area contributed by atoms with Crippen LogP contribution in [-0.2, 0) is 17.8 Å². The number of nitrogens with zero attached hydrogens (tertiary/aromatic N) is 6. The second-order valence-electron chi connectivity index (χ2n) is 9.77. The molecule has 1 fully saturated rings. The molecule has 0 N–H and O–H groups in total. The molecule has 2 aromatic carbocycles. The fourth-order valence-corrected chi connectivity index (χ4v) is 5.16. The molecule has 5 rings (SSSR count). The second-order valence-corrected chi connectivity index (χ2v) is 9.77. The van der Waals surface area contributed by atoms with Crippen LogP contribution < -0.4 is 10.5 Å². The molecule has 3 heterocycles. The Kier molecular flexibility index (Phi) is 6.82. The van der Waals surface area contributed by atoms with Crippen molar-refractivity contribution in [3.8, 4) is 5.69 Å². The lowest BCUT2D eigenvalue weighted by Crippen LogP contribution is -2.49. The molecule has 0 aliphatic carbocycles. The van der Waals surface area contributed by atoms with E-state index in [1.807, 2.05) is 49.1 Å². The zero-order valence-electron chi connectivity index (χ0n) is 22.1. The molecule has 1 aliphatic rings. The molecule has 0 radical (unpaired) electrons. The van der Waals surface area contributed by atoms with Gasteiger partial charge in [-0.05, 0) is 57.0 Å². The predicted octanol–water partition coefficient (Wildman–Crippen LogP) is 3.81. The molecule has 4 aromatic rings. The summed E-state index contributed by atoms with van der Waals surface area (Å²) in [6.07, 6.45) is 0.591. The Bertz CT molecular complexity index is 1500. The van der Waals surface area contributed by atoms with Gasteiger partial charge < -0.3 is 9.80 Å². The van der Waals surface area contributed by atoms with Crippen LogP contribution in [0.5, 0.6) is 0 Å². The molecule has 0 unspecified atom stereocenters. The SMILES string of the molecule is CCn1c(=O)c(CCC(=O)N2CCN(c3cc(C)ccc3C)CC2)nc2c(C)nn(-c3ccccc3)c21. The van der Waals surface area contributed by atoms with E-state index in [1.165, 1.54) is 16.8 Å². The number of amides is 1. The van der Waals surface area contributed by atoms with Gasteiger partial charge >= 0.3 is 0 Å². The maximum atomic E-state index is 13.4. The van der Waals surface area contributed by atoms with Gasteiger partial charge in [0.1, 0.15) is 11.2 Å². The summed E-state index contributed by atoms with van der Waals surface area (Å²) in [4.78, 5) is 35.4. The molecular weight excluding hydrogens is 464 g/mol. The minimum Gasteiger partial charge on any atom is -0.368 e. The highest BCUT2D eigenvalue weighted by molar-refractivity contribution is 5.78. The Morgan fingerprint density at radius 2 is 1.70 bits per heavy atom. The molecule has 2 aromatic heterocycles. The van der Waals surface area contributed by atoms with Gasteiger partial charge in [-0.3, -0.25) is 14.2 Å². The van der Waals surface area contributed by atoms with Crippen molar-refractivity contribution >= 4 is 22.8 Å². The van der Waals surface area contributed by atoms with Crippen molar-refractivity contribution in [1.29, 1.82) is 0 Å². The van der Waals surface area contributed by atoms with Crippen LogP contribution in [0.25, 0.3) is 16.9 Å². The minimum absolute atomic E-state index is 0.0710. The third kappa shape index (κ3) is 4.75. The molecule has 192 valence electrons. The van der Waals surface area contributed by atoms with Gasteiger partial charge in [-0.1, -0.05) is 30.3 Å². The lowest BCUT2D eigenvalue weighted by Gasteiger charge is -2.37. The van der Waals surface area contributed by atoms with Gasteiger partial charge in [0, 0.05) is 51.3 Å². The molecule has 8 nitrogen and oxygen atoms in total. The van der Waals surface area contributed by atoms with E-state index in [2.05, 4.69) is 42.0 Å². The molecule has 0 saturated carbocycles. The van der Waals surface area contributed by atoms with Crippen LogP contribution in [0.2, 0.25) is 0 Å². The Morgan fingerprint density at radius 1 is 0.973 bits per heavy atom. The Labute approximate surface area is 217 Å². The van der Waals surface area contributed by atoms with E-state index in [-0.39, 0.29) is 17.9 Å². The molecule has 0 atom stereocenters. The quantitative estimate of drug-likeness (QED) is 0.404. The van der Waals surface area contributed by atoms with Crippen LogP contribution >= 0.6 is 0 Å². The number of aryl methyl sites for hydroxylation is 5. The monoisotopic (exact) mass is 498 g/mol. The first kappa shape index (κ1) is 24.7. The predicted molar refractivity (Wildman–Crippen MR) is 147 cm³/mol. The number of carbonyl (C=O) groups excluding carboxylic acids is 1. The van der Waals surface area contributed by atoms with Crippen LogP contribution in [-0.4, -0.2) is 56.3 Å². The minimum atomic E-state index is -0.153. The van der Waals surface area contributed by atoms with Crippen molar-refractivity contribution in [3.05, 3.63) is 81.4 Å². The normalized spacial score (nSPS) is 13.9. The molecule has 0 bridgehead atoms. The number of benzene rings is 2. The zero-order valence-corrected chi connectivity index (χ0v) is 22.1. The van der Waals surface area contributed by atoms with Crippen LogP contribution in [0.1, 0.15) is 35.9 Å². The summed E-state index contributed by atoms with van der Waals surface area (Å²) in [5.74, 6) is 0.0710. The number of rotatable bonds is 6. The van der Waals surface area contributed by atoms with Gasteiger partial charge in [-0.2, -0.15) is 5.10 Å². The highest BCUT2D eigenvalue weighted by Crippen LogP contribution is 2.23. The van der Waals surface area contributed by atoms with E-state index in [0.29, 0.717) is 42.9 Å². The maximum Gasteiger partial charge on any atom is 0.273 e. The average molecular weight is 499 g/mol. The van der Waals surface area contributed by atoms with E-state index < -0.39 is 0 Å². The fourth-order valence-electron chi connectivity index (χ4n) is 5.16. The van der Waals surface area contributed by atoms with E-state index in [4.69, 9.17) is 4.98 Å². The number of para-hydroxylation sites is 1. The lowest BCUT2D eigenvalue weighted by molar-refractivity contribution is -0.131. The summed E-state index contributed by atoms with van der Waals surface area (Å²) in [7, 11) is 0. The first-order valence-electron chi connectivity index (χ1n) is 13.0. The standard InChI is InChI=1S/C29H34N6O2/c1-5-34-28-27(22(4)31-35(28)23-9-7-6-8-10-23)30-24(29(34)37)13-14-26(36)33-17-15-32(16-18-33)25-19-20(2)11-12-21(25)3/h6-12,19H,5,13-18H2,1-4H3. The Morgan fingerprint density at radius 3 is 2.41 bits per heavy atom. The van der Waals surface area contributed by atoms with Crippen molar-refractivity contribution in [2.45, 2.75) is 47.1 Å². The average Bonchev–Trinajstić information content (AvgIpc) is 3.25. The van der Waals surface area contributed by atoms with Crippen molar-refractivity contribution in [1.82, 2.24) is 24.2 Å². The van der Waals surface area contributed by atoms with Gasteiger partial charge in [0.25, 0.3) is 5.56 Å². The van der Waals surface area contributed by atoms with Crippen molar-refractivity contribution < 1.29 is 4.79 Å². The highest BCUT2D eigenvalue weighted by Gasteiger charge is 2.24. The maximum absolute atomic E-state index is 13.4. The molecule has 1 amide bonds. The second kappa shape index (κ2) is 10.2. The number of hydrogen-bond donors (Lipinski definition) is 0. The van der Waals surface area contributed by atoms with Crippen LogP contribution in [0.15, 0.2) is 53.3 Å². The van der Waals surface area contributed by atoms with Gasteiger partial charge in [-0.25, -0.2) is 9.67 Å². The van der Waals surface area contributed by atoms with Crippen LogP contribution in [0, 0.1) is 20.8 Å². The van der Waals surface area contributed by atoms with Gasteiger partial charge in [0.15, 0.2) is 5.65 Å². The summed E-state index contributed by atoms with van der Waals surface area (Å²) in [5, 5.41) is 4.68. The summed E-state index contributed by atoms with van der Waals surface area (Å²) in [6, 6.07) is 16.3. The van der Waals surface area contributed by atoms with E-state index in [0.717, 1.165) is 24.5 Å². The Hall–Kier alpha value is -3.94. The van der Waals surface area contributed by atoms with E-state index in [1.54, 1.807) is 9.25 Å². The number of anilines is 1. The smallest absolute Gasteiger partial charge is 0.273 e. The summed E-state index contributed by atoms with van der Waals surface area (Å²) in [5.41, 5.74) is 7.05. The van der Waals surface area contributed by atoms with Crippen molar-refractivity contribution in [2.24, 2.45) is 0 Å². The first-order valence-corrected chi connectivity index (χ1v) is 13.0. The summed E-state index contributed by atoms with van der Waals surface area (Å²) in [6.45, 7) is 11.6. The molecule has 37 heavy (non-hydrogen) atoms. The van der Waals surface area contributed by atoms with Gasteiger partial charge in [0.05, 0.1) is 11.4 Å². The first-order chi connectivity index (χ1) is 17.9. The van der Waals surface area contributed by atoms with Gasteiger partial charge in [-0.15, -0.1) is 0 Å². The molecule has 1 aliphatic heterocycles. The Balaban J connectivity index is 1.31. The highest BCUT2D eigenvalue weighted by atomic mass is 16.2. The molecule has 8 heteroatoms. The molecule has 1 saturated heterocycles. The number of carbonyl (C=O) groups is 1. The summed E-state index contributed by atoms with van der Waals surface area (Å²) >= 11 is 0. The zero-order chi connectivity index (χ0) is 26.1. The molecule has 0 spiro atoms. The molecular formula is C29H34N6O2. The van der Waals surface area contributed by atoms with Gasteiger partial charge in [0.2, 0.25) is 5.91 Å². The number of fused-ring (bicyclic) bond motifs is 1. The third-order valence-electron chi connectivity index (χ3n) is 7.23. The lowest BCUT2D eigenvalue weighted by atomic mass is 10.1.